The molecule has 0 radical (unpaired) electrons. The van der Waals surface area contributed by atoms with Crippen molar-refractivity contribution in [2.45, 2.75) is 32.2 Å². The largest absolute Gasteiger partial charge is 0.497 e. The first-order valence-corrected chi connectivity index (χ1v) is 7.78. The molecule has 1 aromatic rings. The highest BCUT2D eigenvalue weighted by Gasteiger charge is 2.71. The predicted octanol–water partition coefficient (Wildman–Crippen LogP) is 2.80. The molecule has 1 aromatic carbocycles. The Hall–Kier alpha value is -2.04. The van der Waals surface area contributed by atoms with Crippen molar-refractivity contribution in [1.29, 1.82) is 0 Å². The first-order chi connectivity index (χ1) is 10.8. The van der Waals surface area contributed by atoms with Crippen LogP contribution in [0.1, 0.15) is 32.3 Å². The smallest absolute Gasteiger partial charge is 0.310 e. The van der Waals surface area contributed by atoms with Gasteiger partial charge in [-0.2, -0.15) is 0 Å². The summed E-state index contributed by atoms with van der Waals surface area (Å²) >= 11 is 0. The molecule has 5 nitrogen and oxygen atoms in total. The molecule has 5 heteroatoms. The van der Waals surface area contributed by atoms with E-state index in [2.05, 4.69) is 0 Å². The summed E-state index contributed by atoms with van der Waals surface area (Å²) in [4.78, 5) is 16.9. The van der Waals surface area contributed by atoms with Crippen LogP contribution >= 0.6 is 0 Å². The summed E-state index contributed by atoms with van der Waals surface area (Å²) < 4.78 is 16.0. The molecule has 0 aromatic heterocycles. The molecule has 0 spiro atoms. The topological polar surface area (TPSA) is 57.1 Å². The Labute approximate surface area is 136 Å². The van der Waals surface area contributed by atoms with Crippen LogP contribution in [0.25, 0.3) is 0 Å². The van der Waals surface area contributed by atoms with Crippen LogP contribution in [0.15, 0.2) is 29.3 Å². The van der Waals surface area contributed by atoms with Crippen LogP contribution in [-0.2, 0) is 14.3 Å². The molecule has 23 heavy (non-hydrogen) atoms. The number of methoxy groups -OCH3 is 2. The molecule has 1 heterocycles. The number of carbonyl (C=O) groups is 1. The van der Waals surface area contributed by atoms with Gasteiger partial charge in [0.25, 0.3) is 0 Å². The number of hydrogen-bond acceptors (Lipinski definition) is 5. The van der Waals surface area contributed by atoms with Gasteiger partial charge in [0.05, 0.1) is 31.1 Å². The van der Waals surface area contributed by atoms with Crippen LogP contribution in [0.5, 0.6) is 5.75 Å². The molecule has 3 atom stereocenters. The third-order valence-corrected chi connectivity index (χ3v) is 4.87. The van der Waals surface area contributed by atoms with E-state index in [4.69, 9.17) is 19.2 Å². The molecular formula is C18H23NO4. The minimum atomic E-state index is -0.449. The summed E-state index contributed by atoms with van der Waals surface area (Å²) in [6.45, 7) is 6.63. The molecular weight excluding hydrogens is 294 g/mol. The summed E-state index contributed by atoms with van der Waals surface area (Å²) in [5.41, 5.74) is 0.376. The Morgan fingerprint density at radius 2 is 1.87 bits per heavy atom. The minimum absolute atomic E-state index is 0.00788. The number of aliphatic imine (C=N–C) groups is 1. The van der Waals surface area contributed by atoms with Gasteiger partial charge in [0.15, 0.2) is 5.90 Å². The molecule has 3 rings (SSSR count). The summed E-state index contributed by atoms with van der Waals surface area (Å²) in [6, 6.07) is 7.80. The Morgan fingerprint density at radius 1 is 1.22 bits per heavy atom. The van der Waals surface area contributed by atoms with Crippen molar-refractivity contribution in [3.8, 4) is 5.75 Å². The highest BCUT2D eigenvalue weighted by molar-refractivity contribution is 5.97. The van der Waals surface area contributed by atoms with Gasteiger partial charge in [-0.05, 0) is 38.5 Å². The van der Waals surface area contributed by atoms with Gasteiger partial charge < -0.3 is 14.2 Å². The lowest BCUT2D eigenvalue weighted by Crippen LogP contribution is -2.19. The number of carbonyl (C=O) groups excluding carboxylic acids is 1. The van der Waals surface area contributed by atoms with Crippen LogP contribution in [0, 0.1) is 11.3 Å². The van der Waals surface area contributed by atoms with Crippen molar-refractivity contribution >= 4 is 11.9 Å². The van der Waals surface area contributed by atoms with Gasteiger partial charge >= 0.3 is 5.97 Å². The average molecular weight is 317 g/mol. The van der Waals surface area contributed by atoms with Crippen LogP contribution in [0.3, 0.4) is 0 Å². The van der Waals surface area contributed by atoms with Crippen molar-refractivity contribution in [3.05, 3.63) is 29.8 Å². The molecule has 1 aliphatic heterocycles. The van der Waals surface area contributed by atoms with Gasteiger partial charge in [-0.3, -0.25) is 4.79 Å². The van der Waals surface area contributed by atoms with Crippen molar-refractivity contribution in [2.75, 3.05) is 20.8 Å². The Kier molecular flexibility index (Phi) is 3.62. The zero-order chi connectivity index (χ0) is 16.8. The Balaban J connectivity index is 1.95. The van der Waals surface area contributed by atoms with E-state index in [9.17, 15) is 4.79 Å². The first kappa shape index (κ1) is 15.8. The van der Waals surface area contributed by atoms with Crippen molar-refractivity contribution in [3.63, 3.8) is 0 Å². The molecule has 0 N–H and O–H groups in total. The third-order valence-electron chi connectivity index (χ3n) is 4.87. The molecule has 1 fully saturated rings. The second-order valence-electron chi connectivity index (χ2n) is 7.05. The number of nitrogens with zero attached hydrogens (tertiary/aromatic N) is 1. The Bertz CT molecular complexity index is 649. The van der Waals surface area contributed by atoms with E-state index < -0.39 is 5.41 Å². The van der Waals surface area contributed by atoms with Crippen molar-refractivity contribution < 1.29 is 19.0 Å². The standard InChI is InChI=1S/C18H23NO4/c1-17(2)10-23-16(19-17)18(3)13(14(18)15(20)22-5)11-6-8-12(21-4)9-7-11/h6-9,13-14H,10H2,1-5H3/t13-,14+,18-/m1/s1. The predicted molar refractivity (Wildman–Crippen MR) is 86.8 cm³/mol. The van der Waals surface area contributed by atoms with Crippen LogP contribution in [0.4, 0.5) is 0 Å². The van der Waals surface area contributed by atoms with Crippen LogP contribution in [-0.4, -0.2) is 38.2 Å². The SMILES string of the molecule is COC(=O)[C@@H]1[C@@H](c2ccc(OC)cc2)[C@@]1(C)C1=NC(C)(C)CO1. The van der Waals surface area contributed by atoms with E-state index in [1.165, 1.54) is 7.11 Å². The maximum Gasteiger partial charge on any atom is 0.310 e. The fourth-order valence-corrected chi connectivity index (χ4v) is 3.50. The second-order valence-corrected chi connectivity index (χ2v) is 7.05. The first-order valence-electron chi connectivity index (χ1n) is 7.78. The second kappa shape index (κ2) is 5.25. The van der Waals surface area contributed by atoms with Crippen LogP contribution in [0.2, 0.25) is 0 Å². The summed E-state index contributed by atoms with van der Waals surface area (Å²) in [5.74, 6) is 0.978. The monoisotopic (exact) mass is 317 g/mol. The molecule has 2 aliphatic rings. The lowest BCUT2D eigenvalue weighted by Gasteiger charge is -2.11. The lowest BCUT2D eigenvalue weighted by molar-refractivity contribution is -0.142. The third kappa shape index (κ3) is 2.48. The van der Waals surface area contributed by atoms with E-state index in [0.29, 0.717) is 12.5 Å². The quantitative estimate of drug-likeness (QED) is 0.801. The molecule has 124 valence electrons. The summed E-state index contributed by atoms with van der Waals surface area (Å²) in [6.07, 6.45) is 0. The maximum absolute atomic E-state index is 12.3. The zero-order valence-corrected chi connectivity index (χ0v) is 14.3. The molecule has 0 bridgehead atoms. The number of esters is 1. The Morgan fingerprint density at radius 3 is 2.35 bits per heavy atom. The van der Waals surface area contributed by atoms with E-state index in [0.717, 1.165) is 11.3 Å². The van der Waals surface area contributed by atoms with Gasteiger partial charge in [-0.15, -0.1) is 0 Å². The number of ether oxygens (including phenoxy) is 3. The van der Waals surface area contributed by atoms with Gasteiger partial charge in [0, 0.05) is 5.92 Å². The fourth-order valence-electron chi connectivity index (χ4n) is 3.50. The van der Waals surface area contributed by atoms with Crippen LogP contribution < -0.4 is 4.74 Å². The van der Waals surface area contributed by atoms with Gasteiger partial charge in [-0.1, -0.05) is 12.1 Å². The number of hydrogen-bond donors (Lipinski definition) is 0. The molecule has 1 aliphatic carbocycles. The molecule has 1 saturated carbocycles. The summed E-state index contributed by atoms with van der Waals surface area (Å²) in [7, 11) is 3.06. The van der Waals surface area contributed by atoms with Crippen molar-refractivity contribution in [2.24, 2.45) is 16.3 Å². The van der Waals surface area contributed by atoms with Crippen molar-refractivity contribution in [1.82, 2.24) is 0 Å². The highest BCUT2D eigenvalue weighted by Crippen LogP contribution is 2.66. The maximum atomic E-state index is 12.3. The molecule has 0 unspecified atom stereocenters. The normalized spacial score (nSPS) is 31.1. The molecule has 0 saturated heterocycles. The number of benzene rings is 1. The van der Waals surface area contributed by atoms with E-state index in [1.54, 1.807) is 7.11 Å². The average Bonchev–Trinajstić information content (AvgIpc) is 3.00. The minimum Gasteiger partial charge on any atom is -0.497 e. The zero-order valence-electron chi connectivity index (χ0n) is 14.3. The fraction of sp³-hybridized carbons (Fsp3) is 0.556. The molecule has 0 amide bonds. The summed E-state index contributed by atoms with van der Waals surface area (Å²) in [5, 5.41) is 0. The highest BCUT2D eigenvalue weighted by atomic mass is 16.5. The van der Waals surface area contributed by atoms with Gasteiger partial charge in [0.2, 0.25) is 0 Å². The van der Waals surface area contributed by atoms with E-state index in [1.807, 2.05) is 45.0 Å². The van der Waals surface area contributed by atoms with E-state index >= 15 is 0 Å². The van der Waals surface area contributed by atoms with Gasteiger partial charge in [0.1, 0.15) is 12.4 Å². The van der Waals surface area contributed by atoms with E-state index in [-0.39, 0.29) is 23.3 Å². The lowest BCUT2D eigenvalue weighted by atomic mass is 10.0. The number of rotatable bonds is 4. The van der Waals surface area contributed by atoms with Gasteiger partial charge in [-0.25, -0.2) is 4.99 Å².